The molecular weight excluding hydrogens is 258 g/mol. The summed E-state index contributed by atoms with van der Waals surface area (Å²) >= 11 is 0. The molecule has 21 heavy (non-hydrogen) atoms. The van der Waals surface area contributed by atoms with E-state index in [4.69, 9.17) is 0 Å². The quantitative estimate of drug-likeness (QED) is 0.922. The Hall–Kier alpha value is -0.930. The molecule has 2 unspecified atom stereocenters. The van der Waals surface area contributed by atoms with Gasteiger partial charge in [-0.05, 0) is 38.3 Å². The predicted octanol–water partition coefficient (Wildman–Crippen LogP) is 3.53. The first-order valence-electron chi connectivity index (χ1n) is 8.66. The van der Waals surface area contributed by atoms with E-state index in [0.717, 1.165) is 6.54 Å². The summed E-state index contributed by atoms with van der Waals surface area (Å²) in [6.45, 7) is 6.95. The van der Waals surface area contributed by atoms with Crippen molar-refractivity contribution in [2.45, 2.75) is 70.0 Å². The highest BCUT2D eigenvalue weighted by Crippen LogP contribution is 2.35. The second kappa shape index (κ2) is 6.45. The Bertz CT molecular complexity index is 439. The highest BCUT2D eigenvalue weighted by atomic mass is 15.3. The summed E-state index contributed by atoms with van der Waals surface area (Å²) in [6, 6.07) is 7.34. The largest absolute Gasteiger partial charge is 0.308 e. The molecule has 1 spiro atoms. The summed E-state index contributed by atoms with van der Waals surface area (Å²) in [5.74, 6) is 0. The van der Waals surface area contributed by atoms with Gasteiger partial charge in [-0.3, -0.25) is 9.88 Å². The number of hydrogen-bond donors (Lipinski definition) is 1. The minimum Gasteiger partial charge on any atom is -0.308 e. The lowest BCUT2D eigenvalue weighted by atomic mass is 9.78. The smallest absolute Gasteiger partial charge is 0.0572 e. The van der Waals surface area contributed by atoms with Crippen molar-refractivity contribution in [2.24, 2.45) is 0 Å². The molecule has 1 aliphatic carbocycles. The van der Waals surface area contributed by atoms with Gasteiger partial charge in [0.2, 0.25) is 0 Å². The summed E-state index contributed by atoms with van der Waals surface area (Å²) in [4.78, 5) is 7.31. The van der Waals surface area contributed by atoms with Gasteiger partial charge < -0.3 is 5.32 Å². The van der Waals surface area contributed by atoms with Gasteiger partial charge in [-0.15, -0.1) is 0 Å². The standard InChI is InChI=1S/C18H29N3/c1-3-16-13-20-18(10-6-4-7-11-18)14-21(16)15(2)17-9-5-8-12-19-17/h5,8-9,12,15-16,20H,3-4,6-7,10-11,13-14H2,1-2H3. The second-order valence-electron chi connectivity index (χ2n) is 6.89. The molecule has 1 aliphatic heterocycles. The Morgan fingerprint density at radius 3 is 2.81 bits per heavy atom. The molecule has 1 aromatic heterocycles. The molecular formula is C18H29N3. The maximum atomic E-state index is 4.59. The first kappa shape index (κ1) is 15.0. The third-order valence-electron chi connectivity index (χ3n) is 5.56. The Kier molecular flexibility index (Phi) is 4.60. The highest BCUT2D eigenvalue weighted by molar-refractivity contribution is 5.11. The van der Waals surface area contributed by atoms with Crippen molar-refractivity contribution in [3.63, 3.8) is 0 Å². The van der Waals surface area contributed by atoms with E-state index in [1.54, 1.807) is 0 Å². The third kappa shape index (κ3) is 3.14. The zero-order valence-electron chi connectivity index (χ0n) is 13.5. The van der Waals surface area contributed by atoms with E-state index in [9.17, 15) is 0 Å². The number of hydrogen-bond acceptors (Lipinski definition) is 3. The molecule has 0 bridgehead atoms. The molecule has 2 atom stereocenters. The maximum Gasteiger partial charge on any atom is 0.0572 e. The number of nitrogens with one attached hydrogen (secondary N) is 1. The van der Waals surface area contributed by atoms with Crippen molar-refractivity contribution < 1.29 is 0 Å². The van der Waals surface area contributed by atoms with Crippen molar-refractivity contribution in [1.29, 1.82) is 0 Å². The van der Waals surface area contributed by atoms with Gasteiger partial charge in [0.25, 0.3) is 0 Å². The lowest BCUT2D eigenvalue weighted by Crippen LogP contribution is -2.64. The minimum atomic E-state index is 0.368. The molecule has 0 radical (unpaired) electrons. The van der Waals surface area contributed by atoms with Gasteiger partial charge in [0.05, 0.1) is 5.69 Å². The van der Waals surface area contributed by atoms with Gasteiger partial charge in [-0.2, -0.15) is 0 Å². The van der Waals surface area contributed by atoms with Crippen LogP contribution in [0.4, 0.5) is 0 Å². The number of piperazine rings is 1. The molecule has 3 rings (SSSR count). The lowest BCUT2D eigenvalue weighted by Gasteiger charge is -2.51. The van der Waals surface area contributed by atoms with Gasteiger partial charge in [-0.25, -0.2) is 0 Å². The van der Waals surface area contributed by atoms with E-state index in [1.807, 2.05) is 12.3 Å². The zero-order chi connectivity index (χ0) is 14.7. The number of pyridine rings is 1. The van der Waals surface area contributed by atoms with Crippen LogP contribution in [0.5, 0.6) is 0 Å². The summed E-state index contributed by atoms with van der Waals surface area (Å²) in [5, 5.41) is 3.91. The monoisotopic (exact) mass is 287 g/mol. The van der Waals surface area contributed by atoms with Gasteiger partial charge in [0.1, 0.15) is 0 Å². The van der Waals surface area contributed by atoms with Gasteiger partial charge in [0, 0.05) is 36.9 Å². The van der Waals surface area contributed by atoms with Crippen molar-refractivity contribution >= 4 is 0 Å². The third-order valence-corrected chi connectivity index (χ3v) is 5.56. The van der Waals surface area contributed by atoms with E-state index in [2.05, 4.69) is 41.2 Å². The SMILES string of the molecule is CCC1CNC2(CCCCC2)CN1C(C)c1ccccn1. The highest BCUT2D eigenvalue weighted by Gasteiger charge is 2.41. The topological polar surface area (TPSA) is 28.2 Å². The number of rotatable bonds is 3. The van der Waals surface area contributed by atoms with Crippen LogP contribution in [0.25, 0.3) is 0 Å². The minimum absolute atomic E-state index is 0.368. The molecule has 3 nitrogen and oxygen atoms in total. The van der Waals surface area contributed by atoms with Crippen LogP contribution in [-0.2, 0) is 0 Å². The van der Waals surface area contributed by atoms with E-state index in [-0.39, 0.29) is 0 Å². The van der Waals surface area contributed by atoms with Crippen LogP contribution in [0.3, 0.4) is 0 Å². The molecule has 1 aromatic rings. The van der Waals surface area contributed by atoms with Crippen LogP contribution < -0.4 is 5.32 Å². The molecule has 1 saturated carbocycles. The average molecular weight is 287 g/mol. The van der Waals surface area contributed by atoms with E-state index in [1.165, 1.54) is 50.8 Å². The van der Waals surface area contributed by atoms with E-state index in [0.29, 0.717) is 17.6 Å². The van der Waals surface area contributed by atoms with E-state index < -0.39 is 0 Å². The van der Waals surface area contributed by atoms with Gasteiger partial charge >= 0.3 is 0 Å². The average Bonchev–Trinajstić information content (AvgIpc) is 2.56. The van der Waals surface area contributed by atoms with Gasteiger partial charge in [0.15, 0.2) is 0 Å². The van der Waals surface area contributed by atoms with Crippen LogP contribution in [0.1, 0.15) is 64.1 Å². The molecule has 2 aliphatic rings. The predicted molar refractivity (Wildman–Crippen MR) is 87.3 cm³/mol. The van der Waals surface area contributed by atoms with Crippen LogP contribution in [-0.4, -0.2) is 34.6 Å². The Morgan fingerprint density at radius 2 is 2.14 bits per heavy atom. The second-order valence-corrected chi connectivity index (χ2v) is 6.89. The first-order valence-corrected chi connectivity index (χ1v) is 8.66. The molecule has 116 valence electrons. The Morgan fingerprint density at radius 1 is 1.33 bits per heavy atom. The number of nitrogens with zero attached hydrogens (tertiary/aromatic N) is 2. The fraction of sp³-hybridized carbons (Fsp3) is 0.722. The van der Waals surface area contributed by atoms with Crippen molar-refractivity contribution in [2.75, 3.05) is 13.1 Å². The molecule has 3 heteroatoms. The van der Waals surface area contributed by atoms with Crippen LogP contribution >= 0.6 is 0 Å². The summed E-state index contributed by atoms with van der Waals surface area (Å²) in [6.07, 6.45) is 10.00. The Balaban J connectivity index is 1.79. The van der Waals surface area contributed by atoms with Crippen LogP contribution in [0.2, 0.25) is 0 Å². The maximum absolute atomic E-state index is 4.59. The van der Waals surface area contributed by atoms with Crippen molar-refractivity contribution in [3.05, 3.63) is 30.1 Å². The summed E-state index contributed by atoms with van der Waals surface area (Å²) in [5.41, 5.74) is 1.58. The summed E-state index contributed by atoms with van der Waals surface area (Å²) in [7, 11) is 0. The van der Waals surface area contributed by atoms with Crippen LogP contribution in [0.15, 0.2) is 24.4 Å². The number of aromatic nitrogens is 1. The molecule has 0 aromatic carbocycles. The van der Waals surface area contributed by atoms with Crippen molar-refractivity contribution in [1.82, 2.24) is 15.2 Å². The molecule has 2 fully saturated rings. The first-order chi connectivity index (χ1) is 10.2. The van der Waals surface area contributed by atoms with E-state index >= 15 is 0 Å². The molecule has 1 saturated heterocycles. The Labute approximate surface area is 129 Å². The molecule has 1 N–H and O–H groups in total. The van der Waals surface area contributed by atoms with Crippen LogP contribution in [0, 0.1) is 0 Å². The summed E-state index contributed by atoms with van der Waals surface area (Å²) < 4.78 is 0. The molecule has 2 heterocycles. The normalized spacial score (nSPS) is 27.6. The van der Waals surface area contributed by atoms with Crippen molar-refractivity contribution in [3.8, 4) is 0 Å². The molecule has 0 amide bonds. The van der Waals surface area contributed by atoms with Gasteiger partial charge in [-0.1, -0.05) is 32.3 Å². The fourth-order valence-electron chi connectivity index (χ4n) is 4.17. The lowest BCUT2D eigenvalue weighted by molar-refractivity contribution is 0.0258. The fourth-order valence-corrected chi connectivity index (χ4v) is 4.17. The zero-order valence-corrected chi connectivity index (χ0v) is 13.5.